The third kappa shape index (κ3) is 6.90. The zero-order chi connectivity index (χ0) is 24.4. The van der Waals surface area contributed by atoms with Gasteiger partial charge in [-0.2, -0.15) is 0 Å². The maximum Gasteiger partial charge on any atom is 0.159 e. The molecule has 0 saturated heterocycles. The molecule has 0 aliphatic heterocycles. The van der Waals surface area contributed by atoms with Crippen molar-refractivity contribution >= 4 is 13.9 Å². The molecule has 7 heteroatoms. The highest BCUT2D eigenvalue weighted by Crippen LogP contribution is 2.29. The number of benzene rings is 2. The molecule has 1 atom stereocenters. The minimum Gasteiger partial charge on any atom is -0.299 e. The van der Waals surface area contributed by atoms with Crippen LogP contribution in [-0.4, -0.2) is 28.9 Å². The van der Waals surface area contributed by atoms with Gasteiger partial charge in [0, 0.05) is 31.1 Å². The van der Waals surface area contributed by atoms with Gasteiger partial charge in [0.25, 0.3) is 0 Å². The van der Waals surface area contributed by atoms with E-state index >= 15 is 0 Å². The van der Waals surface area contributed by atoms with Crippen LogP contribution >= 0.6 is 0 Å². The molecule has 0 aliphatic rings. The Morgan fingerprint density at radius 2 is 1.70 bits per heavy atom. The number of nitrogens with zero attached hydrogens (tertiary/aromatic N) is 3. The number of ketones is 1. The highest BCUT2D eigenvalue weighted by atomic mass is 28.3. The number of halogens is 2. The summed E-state index contributed by atoms with van der Waals surface area (Å²) in [6.07, 6.45) is 3.03. The molecule has 2 aromatic carbocycles. The van der Waals surface area contributed by atoms with Crippen LogP contribution in [0.15, 0.2) is 48.7 Å². The van der Waals surface area contributed by atoms with Gasteiger partial charge < -0.3 is 0 Å². The largest absolute Gasteiger partial charge is 0.299 e. The molecule has 33 heavy (non-hydrogen) atoms. The third-order valence-electron chi connectivity index (χ3n) is 5.55. The van der Waals surface area contributed by atoms with E-state index < -0.39 is 25.6 Å². The van der Waals surface area contributed by atoms with Crippen molar-refractivity contribution in [3.05, 3.63) is 82.7 Å². The smallest absolute Gasteiger partial charge is 0.159 e. The second-order valence-electron chi connectivity index (χ2n) is 11.0. The second kappa shape index (κ2) is 9.67. The van der Waals surface area contributed by atoms with E-state index in [4.69, 9.17) is 0 Å². The van der Waals surface area contributed by atoms with Crippen molar-refractivity contribution in [2.24, 2.45) is 0 Å². The van der Waals surface area contributed by atoms with Crippen LogP contribution in [0, 0.1) is 11.6 Å². The summed E-state index contributed by atoms with van der Waals surface area (Å²) in [5.41, 5.74) is 3.29. The molecule has 1 heterocycles. The van der Waals surface area contributed by atoms with E-state index in [2.05, 4.69) is 62.9 Å². The molecule has 0 radical (unpaired) electrons. The van der Waals surface area contributed by atoms with Crippen LogP contribution in [0.3, 0.4) is 0 Å². The van der Waals surface area contributed by atoms with E-state index in [1.165, 1.54) is 11.6 Å². The summed E-state index contributed by atoms with van der Waals surface area (Å²) >= 11 is 0. The minimum absolute atomic E-state index is 0.00740. The quantitative estimate of drug-likeness (QED) is 0.377. The lowest BCUT2D eigenvalue weighted by atomic mass is 9.86. The first kappa shape index (κ1) is 25.0. The van der Waals surface area contributed by atoms with Crippen molar-refractivity contribution in [3.63, 3.8) is 0 Å². The van der Waals surface area contributed by atoms with Crippen molar-refractivity contribution < 1.29 is 13.6 Å². The Morgan fingerprint density at radius 1 is 1.03 bits per heavy atom. The molecule has 0 saturated carbocycles. The first-order valence-electron chi connectivity index (χ1n) is 11.3. The monoisotopic (exact) mass is 469 g/mol. The van der Waals surface area contributed by atoms with Gasteiger partial charge in [-0.1, -0.05) is 76.0 Å². The maximum absolute atomic E-state index is 14.0. The van der Waals surface area contributed by atoms with E-state index in [9.17, 15) is 13.6 Å². The summed E-state index contributed by atoms with van der Waals surface area (Å²) in [5.74, 6) is -2.33. The van der Waals surface area contributed by atoms with Gasteiger partial charge in [0.2, 0.25) is 0 Å². The van der Waals surface area contributed by atoms with Crippen molar-refractivity contribution in [1.82, 2.24) is 15.0 Å². The average Bonchev–Trinajstić information content (AvgIpc) is 3.14. The standard InChI is InChI=1S/C26H33F2N3OSi/c1-26(2,3)20-10-7-18(8-11-20)13-21(32)15-22(19-9-12-23(27)24(28)14-19)25-16-31(30-29-25)17-33(4,5)6/h7-12,14,16,22H,13,15,17H2,1-6H3. The fourth-order valence-corrected chi connectivity index (χ4v) is 4.94. The summed E-state index contributed by atoms with van der Waals surface area (Å²) in [5, 5.41) is 8.53. The Hall–Kier alpha value is -2.67. The van der Waals surface area contributed by atoms with Gasteiger partial charge in [0.1, 0.15) is 5.78 Å². The molecular formula is C26H33F2N3OSi. The Morgan fingerprint density at radius 3 is 2.27 bits per heavy atom. The topological polar surface area (TPSA) is 47.8 Å². The minimum atomic E-state index is -1.43. The number of hydrogen-bond acceptors (Lipinski definition) is 3. The highest BCUT2D eigenvalue weighted by Gasteiger charge is 2.24. The first-order valence-corrected chi connectivity index (χ1v) is 15.0. The van der Waals surface area contributed by atoms with Crippen molar-refractivity contribution in [3.8, 4) is 0 Å². The highest BCUT2D eigenvalue weighted by molar-refractivity contribution is 6.74. The first-order chi connectivity index (χ1) is 15.3. The zero-order valence-electron chi connectivity index (χ0n) is 20.3. The molecule has 4 nitrogen and oxygen atoms in total. The van der Waals surface area contributed by atoms with E-state index in [1.807, 2.05) is 18.3 Å². The Bertz CT molecular complexity index is 1110. The summed E-state index contributed by atoms with van der Waals surface area (Å²) in [4.78, 5) is 13.0. The summed E-state index contributed by atoms with van der Waals surface area (Å²) < 4.78 is 29.4. The number of carbonyl (C=O) groups is 1. The van der Waals surface area contributed by atoms with E-state index in [0.29, 0.717) is 11.3 Å². The molecule has 0 aliphatic carbocycles. The van der Waals surface area contributed by atoms with E-state index in [1.54, 1.807) is 4.68 Å². The van der Waals surface area contributed by atoms with Crippen LogP contribution in [0.5, 0.6) is 0 Å². The SMILES string of the molecule is CC(C)(C)c1ccc(CC(=O)CC(c2ccc(F)c(F)c2)c2cn(C[Si](C)(C)C)nn2)cc1. The Labute approximate surface area is 196 Å². The van der Waals surface area contributed by atoms with Crippen molar-refractivity contribution in [1.29, 1.82) is 0 Å². The molecule has 176 valence electrons. The maximum atomic E-state index is 14.0. The van der Waals surface area contributed by atoms with Gasteiger partial charge in [-0.05, 0) is 34.2 Å². The van der Waals surface area contributed by atoms with Crippen LogP contribution in [0.4, 0.5) is 8.78 Å². The Kier molecular flexibility index (Phi) is 7.31. The number of Topliss-reactive ketones (excluding diaryl/α,β-unsaturated/α-hetero) is 1. The van der Waals surface area contributed by atoms with Gasteiger partial charge in [-0.25, -0.2) is 8.78 Å². The molecule has 0 bridgehead atoms. The molecule has 0 N–H and O–H groups in total. The predicted molar refractivity (Wildman–Crippen MR) is 130 cm³/mol. The van der Waals surface area contributed by atoms with Crippen LogP contribution in [0.2, 0.25) is 19.6 Å². The lowest BCUT2D eigenvalue weighted by molar-refractivity contribution is -0.118. The summed E-state index contributed by atoms with van der Waals surface area (Å²) in [6, 6.07) is 11.8. The third-order valence-corrected chi connectivity index (χ3v) is 6.82. The average molecular weight is 470 g/mol. The molecule has 0 spiro atoms. The Balaban J connectivity index is 1.83. The van der Waals surface area contributed by atoms with Gasteiger partial charge in [0.05, 0.1) is 13.8 Å². The molecule has 0 fully saturated rings. The summed E-state index contributed by atoms with van der Waals surface area (Å²) in [6.45, 7) is 13.1. The normalized spacial score (nSPS) is 13.2. The van der Waals surface area contributed by atoms with Crippen LogP contribution < -0.4 is 0 Å². The molecule has 3 rings (SSSR count). The molecule has 0 amide bonds. The molecule has 1 aromatic heterocycles. The molecular weight excluding hydrogens is 436 g/mol. The molecule has 1 unspecified atom stereocenters. The van der Waals surface area contributed by atoms with Crippen LogP contribution in [0.25, 0.3) is 0 Å². The lowest BCUT2D eigenvalue weighted by Gasteiger charge is -2.19. The number of aromatic nitrogens is 3. The van der Waals surface area contributed by atoms with Gasteiger partial charge in [-0.3, -0.25) is 9.48 Å². The van der Waals surface area contributed by atoms with Crippen molar-refractivity contribution in [2.45, 2.75) is 70.8 Å². The number of carbonyl (C=O) groups excluding carboxylic acids is 1. The fourth-order valence-electron chi connectivity index (χ4n) is 3.81. The lowest BCUT2D eigenvalue weighted by Crippen LogP contribution is -2.28. The van der Waals surface area contributed by atoms with Crippen LogP contribution in [-0.2, 0) is 22.8 Å². The van der Waals surface area contributed by atoms with Crippen LogP contribution in [0.1, 0.15) is 55.5 Å². The van der Waals surface area contributed by atoms with E-state index in [-0.39, 0.29) is 24.0 Å². The predicted octanol–water partition coefficient (Wildman–Crippen LogP) is 6.07. The van der Waals surface area contributed by atoms with Gasteiger partial charge in [0.15, 0.2) is 11.6 Å². The summed E-state index contributed by atoms with van der Waals surface area (Å²) in [7, 11) is -1.43. The van der Waals surface area contributed by atoms with Gasteiger partial charge >= 0.3 is 0 Å². The van der Waals surface area contributed by atoms with E-state index in [0.717, 1.165) is 23.9 Å². The number of rotatable bonds is 8. The van der Waals surface area contributed by atoms with Gasteiger partial charge in [-0.15, -0.1) is 5.10 Å². The molecule has 3 aromatic rings. The van der Waals surface area contributed by atoms with Crippen molar-refractivity contribution in [2.75, 3.05) is 0 Å². The fraction of sp³-hybridized carbons (Fsp3) is 0.423. The zero-order valence-corrected chi connectivity index (χ0v) is 21.3. The number of hydrogen-bond donors (Lipinski definition) is 0. The second-order valence-corrected chi connectivity index (χ2v) is 16.4.